The van der Waals surface area contributed by atoms with Crippen molar-refractivity contribution in [3.8, 4) is 0 Å². The maximum atomic E-state index is 11.9. The summed E-state index contributed by atoms with van der Waals surface area (Å²) in [5.41, 5.74) is 1.25. The fraction of sp³-hybridized carbons (Fsp3) is 0.562. The maximum absolute atomic E-state index is 11.9. The normalized spacial score (nSPS) is 20.5. The van der Waals surface area contributed by atoms with Crippen molar-refractivity contribution in [2.75, 3.05) is 19.6 Å². The molecule has 2 rings (SSSR count). The van der Waals surface area contributed by atoms with Crippen LogP contribution in [-0.4, -0.2) is 36.0 Å². The quantitative estimate of drug-likeness (QED) is 0.905. The number of nitrogens with zero attached hydrogens (tertiary/aromatic N) is 1. The molecule has 1 saturated heterocycles. The minimum atomic E-state index is -0.143. The van der Waals surface area contributed by atoms with E-state index in [0.29, 0.717) is 12.5 Å². The van der Waals surface area contributed by atoms with Gasteiger partial charge in [-0.05, 0) is 45.2 Å². The van der Waals surface area contributed by atoms with Gasteiger partial charge in [0.2, 0.25) is 5.91 Å². The number of likely N-dealkylation sites (tertiary alicyclic amines) is 1. The molecule has 1 aromatic rings. The van der Waals surface area contributed by atoms with E-state index in [4.69, 9.17) is 0 Å². The Morgan fingerprint density at radius 2 is 2.00 bits per heavy atom. The van der Waals surface area contributed by atoms with Crippen LogP contribution >= 0.6 is 0 Å². The van der Waals surface area contributed by atoms with E-state index < -0.39 is 0 Å². The fourth-order valence-corrected chi connectivity index (χ4v) is 2.63. The van der Waals surface area contributed by atoms with Crippen molar-refractivity contribution in [3.63, 3.8) is 0 Å². The maximum Gasteiger partial charge on any atom is 0.234 e. The van der Waals surface area contributed by atoms with Crippen molar-refractivity contribution in [1.82, 2.24) is 10.2 Å². The lowest BCUT2D eigenvalue weighted by atomic mass is 9.99. The summed E-state index contributed by atoms with van der Waals surface area (Å²) in [6.45, 7) is 8.56. The molecule has 1 N–H and O–H groups in total. The van der Waals surface area contributed by atoms with Crippen LogP contribution in [0.5, 0.6) is 0 Å². The first-order chi connectivity index (χ1) is 8.94. The van der Waals surface area contributed by atoms with Gasteiger partial charge in [0, 0.05) is 12.1 Å². The molecule has 1 aromatic carbocycles. The lowest BCUT2D eigenvalue weighted by Crippen LogP contribution is -2.45. The number of hydrogen-bond acceptors (Lipinski definition) is 2. The van der Waals surface area contributed by atoms with Crippen LogP contribution < -0.4 is 5.32 Å². The molecule has 1 amide bonds. The minimum absolute atomic E-state index is 0.126. The number of carbonyl (C=O) groups is 1. The zero-order valence-electron chi connectivity index (χ0n) is 12.1. The molecule has 3 nitrogen and oxygen atoms in total. The molecule has 0 unspecified atom stereocenters. The van der Waals surface area contributed by atoms with E-state index in [-0.39, 0.29) is 11.4 Å². The smallest absolute Gasteiger partial charge is 0.234 e. The van der Waals surface area contributed by atoms with Crippen LogP contribution in [0.2, 0.25) is 0 Å². The van der Waals surface area contributed by atoms with Gasteiger partial charge in [0.05, 0.1) is 6.54 Å². The number of carbonyl (C=O) groups excluding carboxylic acids is 1. The molecule has 19 heavy (non-hydrogen) atoms. The van der Waals surface area contributed by atoms with E-state index in [1.807, 2.05) is 26.8 Å². The molecule has 3 heteroatoms. The van der Waals surface area contributed by atoms with Crippen molar-refractivity contribution >= 4 is 5.91 Å². The van der Waals surface area contributed by atoms with E-state index in [1.165, 1.54) is 5.56 Å². The summed E-state index contributed by atoms with van der Waals surface area (Å²) >= 11 is 0. The molecule has 1 atom stereocenters. The van der Waals surface area contributed by atoms with Gasteiger partial charge in [0.25, 0.3) is 0 Å². The van der Waals surface area contributed by atoms with Gasteiger partial charge in [0.1, 0.15) is 0 Å². The molecule has 1 fully saturated rings. The zero-order chi connectivity index (χ0) is 13.9. The standard InChI is InChI=1S/C16H24N2O/c1-16(2,3)17-15(19)12-18-10-9-14(11-18)13-7-5-4-6-8-13/h4-8,14H,9-12H2,1-3H3,(H,17,19)/t14-/m1/s1. The fourth-order valence-electron chi connectivity index (χ4n) is 2.63. The minimum Gasteiger partial charge on any atom is -0.350 e. The number of nitrogens with one attached hydrogen (secondary N) is 1. The van der Waals surface area contributed by atoms with Crippen molar-refractivity contribution in [2.24, 2.45) is 0 Å². The van der Waals surface area contributed by atoms with E-state index in [9.17, 15) is 4.79 Å². The molecule has 1 aliphatic heterocycles. The highest BCUT2D eigenvalue weighted by molar-refractivity contribution is 5.78. The lowest BCUT2D eigenvalue weighted by Gasteiger charge is -2.23. The van der Waals surface area contributed by atoms with E-state index in [2.05, 4.69) is 34.5 Å². The summed E-state index contributed by atoms with van der Waals surface area (Å²) < 4.78 is 0. The van der Waals surface area contributed by atoms with Gasteiger partial charge in [0.15, 0.2) is 0 Å². The van der Waals surface area contributed by atoms with Gasteiger partial charge in [-0.15, -0.1) is 0 Å². The monoisotopic (exact) mass is 260 g/mol. The van der Waals surface area contributed by atoms with Crippen molar-refractivity contribution in [1.29, 1.82) is 0 Å². The summed E-state index contributed by atoms with van der Waals surface area (Å²) in [5, 5.41) is 3.02. The predicted molar refractivity (Wildman–Crippen MR) is 78.1 cm³/mol. The topological polar surface area (TPSA) is 32.3 Å². The van der Waals surface area contributed by atoms with Crippen LogP contribution in [0.15, 0.2) is 30.3 Å². The predicted octanol–water partition coefficient (Wildman–Crippen LogP) is 2.39. The Morgan fingerprint density at radius 1 is 1.32 bits per heavy atom. The summed E-state index contributed by atoms with van der Waals surface area (Å²) in [7, 11) is 0. The average Bonchev–Trinajstić information content (AvgIpc) is 2.76. The Hall–Kier alpha value is -1.35. The first kappa shape index (κ1) is 14.1. The highest BCUT2D eigenvalue weighted by Crippen LogP contribution is 2.26. The Morgan fingerprint density at radius 3 is 2.63 bits per heavy atom. The Kier molecular flexibility index (Phi) is 4.25. The van der Waals surface area contributed by atoms with Crippen LogP contribution in [0.3, 0.4) is 0 Å². The molecule has 1 aliphatic rings. The number of rotatable bonds is 3. The van der Waals surface area contributed by atoms with E-state index in [0.717, 1.165) is 19.5 Å². The van der Waals surface area contributed by atoms with Crippen LogP contribution in [0.4, 0.5) is 0 Å². The van der Waals surface area contributed by atoms with Crippen molar-refractivity contribution in [2.45, 2.75) is 38.6 Å². The highest BCUT2D eigenvalue weighted by atomic mass is 16.2. The third-order valence-corrected chi connectivity index (χ3v) is 3.42. The Balaban J connectivity index is 1.84. The van der Waals surface area contributed by atoms with Gasteiger partial charge < -0.3 is 5.32 Å². The second-order valence-corrected chi connectivity index (χ2v) is 6.43. The summed E-state index contributed by atoms with van der Waals surface area (Å²) in [6.07, 6.45) is 1.15. The summed E-state index contributed by atoms with van der Waals surface area (Å²) in [6, 6.07) is 10.6. The van der Waals surface area contributed by atoms with E-state index >= 15 is 0 Å². The number of amides is 1. The number of hydrogen-bond donors (Lipinski definition) is 1. The Labute approximate surface area is 116 Å². The van der Waals surface area contributed by atoms with Crippen LogP contribution in [0.1, 0.15) is 38.7 Å². The summed E-state index contributed by atoms with van der Waals surface area (Å²) in [5.74, 6) is 0.699. The van der Waals surface area contributed by atoms with Gasteiger partial charge >= 0.3 is 0 Å². The Bertz CT molecular complexity index is 422. The largest absolute Gasteiger partial charge is 0.350 e. The molecular weight excluding hydrogens is 236 g/mol. The van der Waals surface area contributed by atoms with Crippen molar-refractivity contribution in [3.05, 3.63) is 35.9 Å². The molecule has 0 saturated carbocycles. The van der Waals surface area contributed by atoms with E-state index in [1.54, 1.807) is 0 Å². The van der Waals surface area contributed by atoms with Gasteiger partial charge in [-0.3, -0.25) is 9.69 Å². The van der Waals surface area contributed by atoms with Gasteiger partial charge in [-0.25, -0.2) is 0 Å². The molecule has 0 bridgehead atoms. The lowest BCUT2D eigenvalue weighted by molar-refractivity contribution is -0.123. The van der Waals surface area contributed by atoms with Crippen LogP contribution in [0.25, 0.3) is 0 Å². The first-order valence-corrected chi connectivity index (χ1v) is 7.02. The highest BCUT2D eigenvalue weighted by Gasteiger charge is 2.25. The molecule has 0 radical (unpaired) electrons. The molecule has 1 heterocycles. The molecule has 0 aliphatic carbocycles. The number of benzene rings is 1. The van der Waals surface area contributed by atoms with Crippen LogP contribution in [-0.2, 0) is 4.79 Å². The van der Waals surface area contributed by atoms with Crippen LogP contribution in [0, 0.1) is 0 Å². The third kappa shape index (κ3) is 4.35. The first-order valence-electron chi connectivity index (χ1n) is 7.02. The zero-order valence-corrected chi connectivity index (χ0v) is 12.1. The second-order valence-electron chi connectivity index (χ2n) is 6.43. The van der Waals surface area contributed by atoms with Crippen molar-refractivity contribution < 1.29 is 4.79 Å². The average molecular weight is 260 g/mol. The molecular formula is C16H24N2O. The SMILES string of the molecule is CC(C)(C)NC(=O)CN1CC[C@@H](c2ccccc2)C1. The molecule has 0 aromatic heterocycles. The second kappa shape index (κ2) is 5.74. The third-order valence-electron chi connectivity index (χ3n) is 3.42. The van der Waals surface area contributed by atoms with Gasteiger partial charge in [-0.1, -0.05) is 30.3 Å². The summed E-state index contributed by atoms with van der Waals surface area (Å²) in [4.78, 5) is 14.2. The molecule has 104 valence electrons. The molecule has 0 spiro atoms. The van der Waals surface area contributed by atoms with Gasteiger partial charge in [-0.2, -0.15) is 0 Å².